The van der Waals surface area contributed by atoms with Crippen LogP contribution < -0.4 is 4.90 Å². The smallest absolute Gasteiger partial charge is 0.0574 e. The van der Waals surface area contributed by atoms with E-state index in [-0.39, 0.29) is 6.10 Å². The molecular weight excluding hydrogens is 198 g/mol. The molecule has 1 saturated heterocycles. The molecule has 1 heterocycles. The molecule has 1 fully saturated rings. The molecule has 0 radical (unpaired) electrons. The summed E-state index contributed by atoms with van der Waals surface area (Å²) in [6.45, 7) is 6.39. The molecule has 0 unspecified atom stereocenters. The van der Waals surface area contributed by atoms with E-state index in [9.17, 15) is 5.11 Å². The Hall–Kier alpha value is -1.02. The van der Waals surface area contributed by atoms with Crippen molar-refractivity contribution in [3.05, 3.63) is 29.8 Å². The van der Waals surface area contributed by atoms with Gasteiger partial charge < -0.3 is 10.0 Å². The Balaban J connectivity index is 2.11. The summed E-state index contributed by atoms with van der Waals surface area (Å²) in [7, 11) is 0. The third kappa shape index (κ3) is 2.56. The molecule has 0 amide bonds. The molecule has 2 rings (SSSR count). The lowest BCUT2D eigenvalue weighted by Gasteiger charge is -2.31. The molecule has 0 bridgehead atoms. The van der Waals surface area contributed by atoms with Crippen LogP contribution in [0, 0.1) is 0 Å². The highest BCUT2D eigenvalue weighted by Crippen LogP contribution is 2.24. The van der Waals surface area contributed by atoms with E-state index in [0.29, 0.717) is 5.92 Å². The summed E-state index contributed by atoms with van der Waals surface area (Å²) in [5.74, 6) is 0.579. The van der Waals surface area contributed by atoms with Gasteiger partial charge in [0.2, 0.25) is 0 Å². The highest BCUT2D eigenvalue weighted by atomic mass is 16.3. The number of aliphatic hydroxyl groups excluding tert-OH is 1. The molecule has 0 spiro atoms. The molecule has 0 saturated carbocycles. The van der Waals surface area contributed by atoms with Crippen molar-refractivity contribution in [3.63, 3.8) is 0 Å². The zero-order chi connectivity index (χ0) is 11.5. The molecule has 1 aromatic carbocycles. The van der Waals surface area contributed by atoms with Gasteiger partial charge in [0.15, 0.2) is 0 Å². The van der Waals surface area contributed by atoms with Crippen molar-refractivity contribution < 1.29 is 5.11 Å². The van der Waals surface area contributed by atoms with E-state index in [0.717, 1.165) is 25.9 Å². The molecule has 2 heteroatoms. The average Bonchev–Trinajstić information content (AvgIpc) is 2.30. The summed E-state index contributed by atoms with van der Waals surface area (Å²) in [5, 5.41) is 9.49. The number of benzene rings is 1. The van der Waals surface area contributed by atoms with Crippen LogP contribution >= 0.6 is 0 Å². The van der Waals surface area contributed by atoms with E-state index >= 15 is 0 Å². The molecule has 0 aromatic heterocycles. The first-order valence-corrected chi connectivity index (χ1v) is 6.20. The standard InChI is InChI=1S/C14H21NO/c1-11(2)12-4-3-5-13(10-12)15-8-6-14(16)7-9-15/h3-5,10-11,14,16H,6-9H2,1-2H3. The Morgan fingerprint density at radius 3 is 2.56 bits per heavy atom. The van der Waals surface area contributed by atoms with Gasteiger partial charge in [-0.25, -0.2) is 0 Å². The van der Waals surface area contributed by atoms with Gasteiger partial charge in [0.1, 0.15) is 0 Å². The van der Waals surface area contributed by atoms with Crippen LogP contribution in [0.4, 0.5) is 5.69 Å². The number of rotatable bonds is 2. The Bertz CT molecular complexity index is 340. The number of aliphatic hydroxyl groups is 1. The largest absolute Gasteiger partial charge is 0.393 e. The number of anilines is 1. The predicted molar refractivity (Wildman–Crippen MR) is 68.0 cm³/mol. The zero-order valence-corrected chi connectivity index (χ0v) is 10.2. The van der Waals surface area contributed by atoms with E-state index in [1.807, 2.05) is 0 Å². The zero-order valence-electron chi connectivity index (χ0n) is 10.2. The van der Waals surface area contributed by atoms with Crippen molar-refractivity contribution in [2.24, 2.45) is 0 Å². The maximum absolute atomic E-state index is 9.49. The summed E-state index contributed by atoms with van der Waals surface area (Å²) in [6, 6.07) is 8.77. The van der Waals surface area contributed by atoms with Gasteiger partial charge in [-0.1, -0.05) is 26.0 Å². The van der Waals surface area contributed by atoms with Crippen LogP contribution in [0.15, 0.2) is 24.3 Å². The number of piperidine rings is 1. The summed E-state index contributed by atoms with van der Waals surface area (Å²) < 4.78 is 0. The summed E-state index contributed by atoms with van der Waals surface area (Å²) in [6.07, 6.45) is 1.70. The fraction of sp³-hybridized carbons (Fsp3) is 0.571. The lowest BCUT2D eigenvalue weighted by atomic mass is 10.0. The molecule has 1 N–H and O–H groups in total. The molecule has 0 atom stereocenters. The lowest BCUT2D eigenvalue weighted by Crippen LogP contribution is -2.35. The Morgan fingerprint density at radius 2 is 1.94 bits per heavy atom. The maximum atomic E-state index is 9.49. The van der Waals surface area contributed by atoms with E-state index in [4.69, 9.17) is 0 Å². The second-order valence-corrected chi connectivity index (χ2v) is 4.97. The molecule has 16 heavy (non-hydrogen) atoms. The second-order valence-electron chi connectivity index (χ2n) is 4.97. The van der Waals surface area contributed by atoms with Crippen LogP contribution in [0.1, 0.15) is 38.2 Å². The van der Waals surface area contributed by atoms with Gasteiger partial charge in [-0.05, 0) is 36.5 Å². The van der Waals surface area contributed by atoms with Gasteiger partial charge in [-0.2, -0.15) is 0 Å². The van der Waals surface area contributed by atoms with Gasteiger partial charge in [-0.3, -0.25) is 0 Å². The Kier molecular flexibility index (Phi) is 3.49. The summed E-state index contributed by atoms with van der Waals surface area (Å²) in [4.78, 5) is 2.37. The molecule has 1 aromatic rings. The van der Waals surface area contributed by atoms with Crippen LogP contribution in [-0.4, -0.2) is 24.3 Å². The minimum atomic E-state index is -0.0930. The van der Waals surface area contributed by atoms with E-state index in [1.54, 1.807) is 0 Å². The second kappa shape index (κ2) is 4.88. The first kappa shape index (κ1) is 11.5. The third-order valence-electron chi connectivity index (χ3n) is 3.37. The van der Waals surface area contributed by atoms with Crippen molar-refractivity contribution in [3.8, 4) is 0 Å². The minimum absolute atomic E-state index is 0.0930. The maximum Gasteiger partial charge on any atom is 0.0574 e. The molecular formula is C14H21NO. The topological polar surface area (TPSA) is 23.5 Å². The lowest BCUT2D eigenvalue weighted by molar-refractivity contribution is 0.145. The summed E-state index contributed by atoms with van der Waals surface area (Å²) >= 11 is 0. The molecule has 1 aliphatic rings. The van der Waals surface area contributed by atoms with Crippen LogP contribution in [0.2, 0.25) is 0 Å². The Labute approximate surface area is 97.9 Å². The average molecular weight is 219 g/mol. The fourth-order valence-electron chi connectivity index (χ4n) is 2.20. The van der Waals surface area contributed by atoms with Gasteiger partial charge in [0.25, 0.3) is 0 Å². The SMILES string of the molecule is CC(C)c1cccc(N2CCC(O)CC2)c1. The van der Waals surface area contributed by atoms with Crippen LogP contribution in [0.5, 0.6) is 0 Å². The van der Waals surface area contributed by atoms with Crippen molar-refractivity contribution in [2.75, 3.05) is 18.0 Å². The van der Waals surface area contributed by atoms with Crippen molar-refractivity contribution in [2.45, 2.75) is 38.7 Å². The monoisotopic (exact) mass is 219 g/mol. The highest BCUT2D eigenvalue weighted by Gasteiger charge is 2.17. The first-order chi connectivity index (χ1) is 7.66. The predicted octanol–water partition coefficient (Wildman–Crippen LogP) is 2.77. The molecule has 2 nitrogen and oxygen atoms in total. The normalized spacial score (nSPS) is 18.1. The van der Waals surface area contributed by atoms with Gasteiger partial charge in [0, 0.05) is 18.8 Å². The van der Waals surface area contributed by atoms with Gasteiger partial charge in [0.05, 0.1) is 6.10 Å². The number of hydrogen-bond donors (Lipinski definition) is 1. The van der Waals surface area contributed by atoms with Crippen molar-refractivity contribution in [1.82, 2.24) is 0 Å². The first-order valence-electron chi connectivity index (χ1n) is 6.20. The molecule has 88 valence electrons. The van der Waals surface area contributed by atoms with Crippen LogP contribution in [-0.2, 0) is 0 Å². The van der Waals surface area contributed by atoms with Gasteiger partial charge in [-0.15, -0.1) is 0 Å². The summed E-state index contributed by atoms with van der Waals surface area (Å²) in [5.41, 5.74) is 2.70. The van der Waals surface area contributed by atoms with Crippen LogP contribution in [0.25, 0.3) is 0 Å². The van der Waals surface area contributed by atoms with Crippen molar-refractivity contribution in [1.29, 1.82) is 0 Å². The van der Waals surface area contributed by atoms with Gasteiger partial charge >= 0.3 is 0 Å². The number of hydrogen-bond acceptors (Lipinski definition) is 2. The highest BCUT2D eigenvalue weighted by molar-refractivity contribution is 5.49. The van der Waals surface area contributed by atoms with Crippen molar-refractivity contribution >= 4 is 5.69 Å². The molecule has 0 aliphatic carbocycles. The third-order valence-corrected chi connectivity index (χ3v) is 3.37. The van der Waals surface area contributed by atoms with E-state index < -0.39 is 0 Å². The number of nitrogens with zero attached hydrogens (tertiary/aromatic N) is 1. The fourth-order valence-corrected chi connectivity index (χ4v) is 2.20. The Morgan fingerprint density at radius 1 is 1.25 bits per heavy atom. The van der Waals surface area contributed by atoms with Crippen LogP contribution in [0.3, 0.4) is 0 Å². The molecule has 1 aliphatic heterocycles. The minimum Gasteiger partial charge on any atom is -0.393 e. The quantitative estimate of drug-likeness (QED) is 0.826. The van der Waals surface area contributed by atoms with E-state index in [2.05, 4.69) is 43.0 Å². The van der Waals surface area contributed by atoms with E-state index in [1.165, 1.54) is 11.3 Å².